The number of anilines is 3. The Kier molecular flexibility index (Phi) is 5.44. The molecule has 1 heterocycles. The van der Waals surface area contributed by atoms with Gasteiger partial charge in [0.1, 0.15) is 0 Å². The molecule has 0 aliphatic carbocycles. The summed E-state index contributed by atoms with van der Waals surface area (Å²) >= 11 is 6.00. The molecule has 0 atom stereocenters. The first kappa shape index (κ1) is 18.2. The van der Waals surface area contributed by atoms with Crippen molar-refractivity contribution in [3.8, 4) is 0 Å². The molecule has 0 bridgehead atoms. The van der Waals surface area contributed by atoms with Gasteiger partial charge in [0.05, 0.1) is 12.2 Å². The molecule has 3 N–H and O–H groups in total. The maximum atomic E-state index is 12.7. The number of nitrogens with one attached hydrogen (secondary N) is 2. The number of amides is 2. The van der Waals surface area contributed by atoms with Gasteiger partial charge in [-0.05, 0) is 42.3 Å². The summed E-state index contributed by atoms with van der Waals surface area (Å²) in [6.07, 6.45) is 1.21. The van der Waals surface area contributed by atoms with Gasteiger partial charge >= 0.3 is 0 Å². The van der Waals surface area contributed by atoms with E-state index < -0.39 is 0 Å². The quantitative estimate of drug-likeness (QED) is 0.752. The Balaban J connectivity index is 1.84. The molecule has 0 unspecified atom stereocenters. The van der Waals surface area contributed by atoms with Gasteiger partial charge in [0.25, 0.3) is 5.91 Å². The normalized spacial score (nSPS) is 13.3. The van der Waals surface area contributed by atoms with Crippen LogP contribution in [0, 0.1) is 0 Å². The highest BCUT2D eigenvalue weighted by molar-refractivity contribution is 6.31. The number of halogens is 1. The SMILES string of the molecule is CN1C(=O)CCc2ccc(NC(=O)c3ccc(Cl)cc3NCCO)cc21. The van der Waals surface area contributed by atoms with Crippen LogP contribution in [0.2, 0.25) is 5.02 Å². The van der Waals surface area contributed by atoms with Crippen molar-refractivity contribution in [2.24, 2.45) is 0 Å². The number of hydrogen-bond acceptors (Lipinski definition) is 4. The summed E-state index contributed by atoms with van der Waals surface area (Å²) in [5, 5.41) is 15.3. The molecular formula is C19H20ClN3O3. The maximum Gasteiger partial charge on any atom is 0.257 e. The van der Waals surface area contributed by atoms with E-state index in [1.54, 1.807) is 36.2 Å². The fourth-order valence-electron chi connectivity index (χ4n) is 2.96. The minimum atomic E-state index is -0.299. The van der Waals surface area contributed by atoms with Crippen LogP contribution in [0.15, 0.2) is 36.4 Å². The van der Waals surface area contributed by atoms with Crippen LogP contribution in [0.25, 0.3) is 0 Å². The van der Waals surface area contributed by atoms with Crippen molar-refractivity contribution in [2.75, 3.05) is 35.7 Å². The van der Waals surface area contributed by atoms with E-state index in [4.69, 9.17) is 16.7 Å². The van der Waals surface area contributed by atoms with E-state index in [2.05, 4.69) is 10.6 Å². The molecule has 2 aromatic rings. The highest BCUT2D eigenvalue weighted by Gasteiger charge is 2.21. The molecule has 136 valence electrons. The second-order valence-electron chi connectivity index (χ2n) is 6.09. The minimum Gasteiger partial charge on any atom is -0.395 e. The fraction of sp³-hybridized carbons (Fsp3) is 0.263. The molecule has 0 aromatic heterocycles. The number of aliphatic hydroxyl groups is 1. The topological polar surface area (TPSA) is 81.7 Å². The van der Waals surface area contributed by atoms with Gasteiger partial charge in [0.15, 0.2) is 0 Å². The molecule has 1 aliphatic heterocycles. The summed E-state index contributed by atoms with van der Waals surface area (Å²) in [7, 11) is 1.74. The molecule has 0 fully saturated rings. The highest BCUT2D eigenvalue weighted by Crippen LogP contribution is 2.30. The summed E-state index contributed by atoms with van der Waals surface area (Å²) in [6.45, 7) is 0.255. The van der Waals surface area contributed by atoms with Gasteiger partial charge < -0.3 is 20.6 Å². The van der Waals surface area contributed by atoms with Gasteiger partial charge in [0.2, 0.25) is 5.91 Å². The average Bonchev–Trinajstić information content (AvgIpc) is 2.63. The zero-order valence-electron chi connectivity index (χ0n) is 14.4. The number of nitrogens with zero attached hydrogens (tertiary/aromatic N) is 1. The molecule has 6 nitrogen and oxygen atoms in total. The second kappa shape index (κ2) is 7.76. The maximum absolute atomic E-state index is 12.7. The Morgan fingerprint density at radius 1 is 1.23 bits per heavy atom. The molecular weight excluding hydrogens is 354 g/mol. The summed E-state index contributed by atoms with van der Waals surface area (Å²) in [6, 6.07) is 10.5. The van der Waals surface area contributed by atoms with Gasteiger partial charge in [-0.3, -0.25) is 9.59 Å². The molecule has 2 amide bonds. The summed E-state index contributed by atoms with van der Waals surface area (Å²) in [4.78, 5) is 26.2. The molecule has 3 rings (SSSR count). The average molecular weight is 374 g/mol. The lowest BCUT2D eigenvalue weighted by molar-refractivity contribution is -0.118. The lowest BCUT2D eigenvalue weighted by atomic mass is 10.0. The van der Waals surface area contributed by atoms with Crippen LogP contribution in [-0.2, 0) is 11.2 Å². The van der Waals surface area contributed by atoms with Crippen LogP contribution in [0.5, 0.6) is 0 Å². The van der Waals surface area contributed by atoms with Crippen LogP contribution in [-0.4, -0.2) is 37.1 Å². The first-order valence-electron chi connectivity index (χ1n) is 8.34. The zero-order valence-corrected chi connectivity index (χ0v) is 15.1. The number of aryl methyl sites for hydroxylation is 1. The Morgan fingerprint density at radius 2 is 2.04 bits per heavy atom. The van der Waals surface area contributed by atoms with Gasteiger partial charge in [-0.1, -0.05) is 17.7 Å². The van der Waals surface area contributed by atoms with Crippen molar-refractivity contribution in [3.63, 3.8) is 0 Å². The number of aliphatic hydroxyl groups excluding tert-OH is 1. The molecule has 1 aliphatic rings. The van der Waals surface area contributed by atoms with E-state index in [1.807, 2.05) is 12.1 Å². The van der Waals surface area contributed by atoms with Crippen molar-refractivity contribution >= 4 is 40.5 Å². The van der Waals surface area contributed by atoms with Crippen LogP contribution in [0.1, 0.15) is 22.3 Å². The van der Waals surface area contributed by atoms with Crippen LogP contribution < -0.4 is 15.5 Å². The number of carbonyl (C=O) groups excluding carboxylic acids is 2. The minimum absolute atomic E-state index is 0.0568. The number of hydrogen-bond donors (Lipinski definition) is 3. The van der Waals surface area contributed by atoms with Gasteiger partial charge in [-0.2, -0.15) is 0 Å². The second-order valence-corrected chi connectivity index (χ2v) is 6.53. The predicted octanol–water partition coefficient (Wildman–Crippen LogP) is 2.91. The van der Waals surface area contributed by atoms with E-state index in [0.717, 1.165) is 11.3 Å². The Bertz CT molecular complexity index is 854. The molecule has 0 saturated carbocycles. The zero-order chi connectivity index (χ0) is 18.7. The molecule has 0 saturated heterocycles. The van der Waals surface area contributed by atoms with E-state index in [0.29, 0.717) is 41.3 Å². The largest absolute Gasteiger partial charge is 0.395 e. The summed E-state index contributed by atoms with van der Waals surface area (Å²) < 4.78 is 0. The Labute approximate surface area is 156 Å². The number of benzene rings is 2. The molecule has 26 heavy (non-hydrogen) atoms. The van der Waals surface area contributed by atoms with E-state index in [1.165, 1.54) is 0 Å². The summed E-state index contributed by atoms with van der Waals surface area (Å²) in [5.74, 6) is -0.235. The van der Waals surface area contributed by atoms with Crippen molar-refractivity contribution in [2.45, 2.75) is 12.8 Å². The Morgan fingerprint density at radius 3 is 2.81 bits per heavy atom. The lowest BCUT2D eigenvalue weighted by Gasteiger charge is -2.26. The van der Waals surface area contributed by atoms with Crippen molar-refractivity contribution in [1.82, 2.24) is 0 Å². The molecule has 0 spiro atoms. The van der Waals surface area contributed by atoms with Crippen molar-refractivity contribution in [3.05, 3.63) is 52.5 Å². The molecule has 2 aromatic carbocycles. The number of carbonyl (C=O) groups is 2. The van der Waals surface area contributed by atoms with Crippen molar-refractivity contribution < 1.29 is 14.7 Å². The Hall–Kier alpha value is -2.57. The molecule has 7 heteroatoms. The smallest absolute Gasteiger partial charge is 0.257 e. The van der Waals surface area contributed by atoms with E-state index in [-0.39, 0.29) is 18.4 Å². The standard InChI is InChI=1S/C19H20ClN3O3/c1-23-17-11-14(5-2-12(17)3-7-18(23)25)22-19(26)15-6-4-13(20)10-16(15)21-8-9-24/h2,4-6,10-11,21,24H,3,7-9H2,1H3,(H,22,26). The fourth-order valence-corrected chi connectivity index (χ4v) is 3.13. The molecule has 0 radical (unpaired) electrons. The summed E-state index contributed by atoms with van der Waals surface area (Å²) in [5.41, 5.74) is 3.48. The number of fused-ring (bicyclic) bond motifs is 1. The van der Waals surface area contributed by atoms with Gasteiger partial charge in [0, 0.05) is 42.1 Å². The van der Waals surface area contributed by atoms with E-state index >= 15 is 0 Å². The highest BCUT2D eigenvalue weighted by atomic mass is 35.5. The third kappa shape index (κ3) is 3.81. The van der Waals surface area contributed by atoms with Crippen LogP contribution >= 0.6 is 11.6 Å². The predicted molar refractivity (Wildman–Crippen MR) is 103 cm³/mol. The van der Waals surface area contributed by atoms with Crippen LogP contribution in [0.4, 0.5) is 17.1 Å². The van der Waals surface area contributed by atoms with Crippen LogP contribution in [0.3, 0.4) is 0 Å². The van der Waals surface area contributed by atoms with Crippen molar-refractivity contribution in [1.29, 1.82) is 0 Å². The van der Waals surface area contributed by atoms with Gasteiger partial charge in [-0.25, -0.2) is 0 Å². The third-order valence-corrected chi connectivity index (χ3v) is 4.58. The van der Waals surface area contributed by atoms with Gasteiger partial charge in [-0.15, -0.1) is 0 Å². The lowest BCUT2D eigenvalue weighted by Crippen LogP contribution is -2.31. The monoisotopic (exact) mass is 373 g/mol. The third-order valence-electron chi connectivity index (χ3n) is 4.34. The van der Waals surface area contributed by atoms with E-state index in [9.17, 15) is 9.59 Å². The first-order chi connectivity index (χ1) is 12.5. The first-order valence-corrected chi connectivity index (χ1v) is 8.72. The number of rotatable bonds is 5.